The van der Waals surface area contributed by atoms with E-state index in [2.05, 4.69) is 25.6 Å². The summed E-state index contributed by atoms with van der Waals surface area (Å²) in [5.74, 6) is -0.259. The van der Waals surface area contributed by atoms with Crippen LogP contribution in [0, 0.1) is 5.82 Å². The molecule has 4 heterocycles. The normalized spacial score (nSPS) is 14.5. The molecule has 1 atom stereocenters. The monoisotopic (exact) mass is 446 g/mol. The summed E-state index contributed by atoms with van der Waals surface area (Å²) in [6, 6.07) is 3.00. The van der Waals surface area contributed by atoms with Crippen LogP contribution >= 0.6 is 11.3 Å². The molecule has 0 unspecified atom stereocenters. The van der Waals surface area contributed by atoms with Gasteiger partial charge in [0, 0.05) is 33.4 Å². The van der Waals surface area contributed by atoms with Crippen LogP contribution in [-0.2, 0) is 4.74 Å². The molecule has 3 aromatic heterocycles. The maximum atomic E-state index is 13.5. The molecule has 0 aliphatic carbocycles. The van der Waals surface area contributed by atoms with Gasteiger partial charge in [-0.1, -0.05) is 13.8 Å². The van der Waals surface area contributed by atoms with Gasteiger partial charge in [-0.25, -0.2) is 14.4 Å². The Labute approximate surface area is 184 Å². The Hall–Kier alpha value is -2.85. The summed E-state index contributed by atoms with van der Waals surface area (Å²) in [5, 5.41) is 7.13. The van der Waals surface area contributed by atoms with E-state index in [1.165, 1.54) is 17.4 Å². The van der Waals surface area contributed by atoms with Crippen molar-refractivity contribution >= 4 is 38.4 Å². The molecular weight excluding hydrogens is 419 g/mol. The van der Waals surface area contributed by atoms with Crippen LogP contribution < -0.4 is 10.6 Å². The number of carbonyl (C=O) groups excluding carboxylic acids is 1. The van der Waals surface area contributed by atoms with Crippen molar-refractivity contribution in [3.05, 3.63) is 41.6 Å². The second-order valence-corrected chi connectivity index (χ2v) is 7.89. The van der Waals surface area contributed by atoms with Crippen molar-refractivity contribution in [3.63, 3.8) is 0 Å². The third kappa shape index (κ3) is 4.91. The van der Waals surface area contributed by atoms with Crippen LogP contribution in [0.5, 0.6) is 0 Å². The van der Waals surface area contributed by atoms with Gasteiger partial charge in [-0.2, -0.15) is 0 Å². The molecule has 4 rings (SSSR count). The molecule has 0 bridgehead atoms. The lowest BCUT2D eigenvalue weighted by atomic mass is 10.1. The minimum atomic E-state index is -0.412. The largest absolute Gasteiger partial charge is 0.380 e. The van der Waals surface area contributed by atoms with Crippen molar-refractivity contribution < 1.29 is 13.9 Å². The number of likely N-dealkylation sites (tertiary alicyclic amines) is 1. The summed E-state index contributed by atoms with van der Waals surface area (Å²) in [6.07, 6.45) is 2.80. The number of fused-ring (bicyclic) bond motifs is 1. The number of nitrogens with one attached hydrogen (secondary N) is 2. The average Bonchev–Trinajstić information content (AvgIpc) is 3.17. The Balaban J connectivity index is 0.00000132. The van der Waals surface area contributed by atoms with E-state index in [1.807, 2.05) is 33.9 Å². The minimum absolute atomic E-state index is 0.0607. The van der Waals surface area contributed by atoms with Gasteiger partial charge in [-0.3, -0.25) is 9.78 Å². The van der Waals surface area contributed by atoms with Gasteiger partial charge in [0.05, 0.1) is 33.6 Å². The van der Waals surface area contributed by atoms with Crippen LogP contribution in [-0.4, -0.2) is 59.1 Å². The first-order valence-corrected chi connectivity index (χ1v) is 11.0. The number of pyridine rings is 1. The number of halogens is 1. The van der Waals surface area contributed by atoms with Crippen molar-refractivity contribution in [3.8, 4) is 0 Å². The third-order valence-corrected chi connectivity index (χ3v) is 6.01. The number of rotatable bonds is 6. The maximum absolute atomic E-state index is 13.5. The topological polar surface area (TPSA) is 92.3 Å². The van der Waals surface area contributed by atoms with E-state index < -0.39 is 5.82 Å². The number of aromatic nitrogens is 3. The van der Waals surface area contributed by atoms with Crippen molar-refractivity contribution in [2.75, 3.05) is 37.9 Å². The molecule has 8 nitrogen and oxygen atoms in total. The van der Waals surface area contributed by atoms with Crippen molar-refractivity contribution in [1.82, 2.24) is 19.9 Å². The molecule has 0 saturated carbocycles. The molecule has 0 aromatic carbocycles. The van der Waals surface area contributed by atoms with Gasteiger partial charge >= 0.3 is 0 Å². The van der Waals surface area contributed by atoms with E-state index >= 15 is 0 Å². The van der Waals surface area contributed by atoms with Crippen LogP contribution in [0.25, 0.3) is 10.2 Å². The number of nitrogens with zero attached hydrogens (tertiary/aromatic N) is 4. The summed E-state index contributed by atoms with van der Waals surface area (Å²) in [5.41, 5.74) is 1.69. The smallest absolute Gasteiger partial charge is 0.274 e. The number of ether oxygens (including phenoxy) is 1. The SMILES string of the molecule is CC.CNc1cc2nc(N[C@@H](C)c3cncc(F)c3)nc(C(=O)N3CC(OC)C3)c2s1. The van der Waals surface area contributed by atoms with Gasteiger partial charge in [0.15, 0.2) is 5.69 Å². The van der Waals surface area contributed by atoms with E-state index in [9.17, 15) is 9.18 Å². The number of anilines is 2. The van der Waals surface area contributed by atoms with Gasteiger partial charge in [0.1, 0.15) is 5.82 Å². The van der Waals surface area contributed by atoms with Crippen LogP contribution in [0.3, 0.4) is 0 Å². The minimum Gasteiger partial charge on any atom is -0.380 e. The lowest BCUT2D eigenvalue weighted by molar-refractivity contribution is -0.0193. The van der Waals surface area contributed by atoms with Crippen LogP contribution in [0.2, 0.25) is 0 Å². The van der Waals surface area contributed by atoms with Gasteiger partial charge in [0.25, 0.3) is 5.91 Å². The number of methoxy groups -OCH3 is 1. The number of hydrogen-bond donors (Lipinski definition) is 2. The predicted molar refractivity (Wildman–Crippen MR) is 121 cm³/mol. The van der Waals surface area contributed by atoms with Crippen LogP contribution in [0.4, 0.5) is 15.3 Å². The molecular formula is C21H27FN6O2S. The molecule has 1 saturated heterocycles. The molecule has 0 spiro atoms. The number of hydrogen-bond acceptors (Lipinski definition) is 8. The zero-order valence-electron chi connectivity index (χ0n) is 18.3. The first-order chi connectivity index (χ1) is 15.0. The highest BCUT2D eigenvalue weighted by Crippen LogP contribution is 2.33. The third-order valence-electron chi connectivity index (χ3n) is 4.86. The highest BCUT2D eigenvalue weighted by Gasteiger charge is 2.33. The van der Waals surface area contributed by atoms with Gasteiger partial charge < -0.3 is 20.3 Å². The van der Waals surface area contributed by atoms with E-state index in [0.29, 0.717) is 35.8 Å². The van der Waals surface area contributed by atoms with Crippen molar-refractivity contribution in [2.24, 2.45) is 0 Å². The predicted octanol–water partition coefficient (Wildman–Crippen LogP) is 3.94. The Morgan fingerprint density at radius 2 is 2.03 bits per heavy atom. The summed E-state index contributed by atoms with van der Waals surface area (Å²) in [4.78, 5) is 27.7. The molecule has 1 amide bonds. The highest BCUT2D eigenvalue weighted by atomic mass is 32.1. The lowest BCUT2D eigenvalue weighted by Crippen LogP contribution is -2.54. The second kappa shape index (κ2) is 9.97. The number of thiophene rings is 1. The fraction of sp³-hybridized carbons (Fsp3) is 0.429. The Morgan fingerprint density at radius 1 is 1.29 bits per heavy atom. The first kappa shape index (κ1) is 22.8. The highest BCUT2D eigenvalue weighted by molar-refractivity contribution is 7.23. The fourth-order valence-corrected chi connectivity index (χ4v) is 4.04. The van der Waals surface area contributed by atoms with E-state index in [-0.39, 0.29) is 18.1 Å². The molecule has 0 radical (unpaired) electrons. The van der Waals surface area contributed by atoms with Crippen LogP contribution in [0.15, 0.2) is 24.5 Å². The van der Waals surface area contributed by atoms with E-state index in [1.54, 1.807) is 18.2 Å². The number of amides is 1. The summed E-state index contributed by atoms with van der Waals surface area (Å²) >= 11 is 1.43. The molecule has 10 heteroatoms. The van der Waals surface area contributed by atoms with Crippen molar-refractivity contribution in [1.29, 1.82) is 0 Å². The summed E-state index contributed by atoms with van der Waals surface area (Å²) in [6.45, 7) is 6.94. The van der Waals surface area contributed by atoms with E-state index in [4.69, 9.17) is 4.74 Å². The Bertz CT molecular complexity index is 1050. The maximum Gasteiger partial charge on any atom is 0.274 e. The zero-order chi connectivity index (χ0) is 22.5. The van der Waals surface area contributed by atoms with Gasteiger partial charge in [-0.05, 0) is 24.6 Å². The molecule has 31 heavy (non-hydrogen) atoms. The quantitative estimate of drug-likeness (QED) is 0.593. The first-order valence-electron chi connectivity index (χ1n) is 10.2. The second-order valence-electron chi connectivity index (χ2n) is 6.84. The molecule has 1 aliphatic rings. The van der Waals surface area contributed by atoms with Crippen molar-refractivity contribution in [2.45, 2.75) is 32.9 Å². The van der Waals surface area contributed by atoms with E-state index in [0.717, 1.165) is 15.9 Å². The van der Waals surface area contributed by atoms with Gasteiger partial charge in [0.2, 0.25) is 5.95 Å². The number of carbonyl (C=O) groups is 1. The van der Waals surface area contributed by atoms with Gasteiger partial charge in [-0.15, -0.1) is 11.3 Å². The lowest BCUT2D eigenvalue weighted by Gasteiger charge is -2.37. The Kier molecular flexibility index (Phi) is 7.34. The molecule has 166 valence electrons. The average molecular weight is 447 g/mol. The van der Waals surface area contributed by atoms with Crippen LogP contribution in [0.1, 0.15) is 42.9 Å². The molecule has 2 N–H and O–H groups in total. The Morgan fingerprint density at radius 3 is 2.68 bits per heavy atom. The summed E-state index contributed by atoms with van der Waals surface area (Å²) < 4.78 is 19.5. The molecule has 1 fully saturated rings. The molecule has 1 aliphatic heterocycles. The standard InChI is InChI=1S/C19H21FN6O2S.C2H6/c1-10(11-4-12(20)7-22-6-11)23-19-24-14-5-15(21-2)29-17(14)16(25-19)18(27)26-8-13(9-26)28-3;1-2/h4-7,10,13,21H,8-9H2,1-3H3,(H,23,24,25);1-2H3/t10-;/m0./s1. The summed E-state index contributed by atoms with van der Waals surface area (Å²) in [7, 11) is 3.45. The zero-order valence-corrected chi connectivity index (χ0v) is 19.1. The molecule has 3 aromatic rings. The fourth-order valence-electron chi connectivity index (χ4n) is 3.11.